The molecule has 5 amide bonds. The van der Waals surface area contributed by atoms with Crippen LogP contribution in [0, 0.1) is 5.92 Å². The van der Waals surface area contributed by atoms with Gasteiger partial charge in [-0.05, 0) is 30.0 Å². The number of H-pyrrole nitrogens is 2. The topological polar surface area (TPSA) is 268 Å². The molecule has 0 radical (unpaired) electrons. The Labute approximate surface area is 301 Å². The van der Waals surface area contributed by atoms with Gasteiger partial charge in [-0.25, -0.2) is 4.98 Å². The van der Waals surface area contributed by atoms with Crippen LogP contribution in [-0.2, 0) is 43.2 Å². The molecule has 52 heavy (non-hydrogen) atoms. The van der Waals surface area contributed by atoms with Gasteiger partial charge in [0.2, 0.25) is 29.5 Å². The number of aliphatic imine (C=N–C) groups is 1. The summed E-state index contributed by atoms with van der Waals surface area (Å²) in [5, 5.41) is 11.9. The standard InChI is InChI=1S/C36H47N11O5/c1-21(2)32(49)46-30(17-24-19-40-20-43-24)35(52)47-29(15-22-9-4-3-5-10-22)34(51)44-27(13-8-14-41-36(38)39)33(50)45-28(31(37)48)16-23-18-42-26-12-7-6-11-25(23)26/h3-7,9-12,18-21,27-30,42H,8,13-17H2,1-2H3,(H2,37,48)(H,40,43)(H,44,51)(H,45,50)(H,46,49)(H,47,52)(H4,38,39,41)/t27-,28-,29-,30-/m0/s1. The van der Waals surface area contributed by atoms with Crippen molar-refractivity contribution in [3.05, 3.63) is 90.1 Å². The SMILES string of the molecule is CC(C)C(=O)N[C@@H](Cc1cnc[nH]1)C(=O)N[C@@H](Cc1ccccc1)C(=O)N[C@@H](CCCN=C(N)N)C(=O)N[C@@H](Cc1c[nH]c2ccccc12)C(N)=O. The molecule has 0 fully saturated rings. The quantitative estimate of drug-likeness (QED) is 0.0363. The van der Waals surface area contributed by atoms with Gasteiger partial charge in [0, 0.05) is 60.7 Å². The van der Waals surface area contributed by atoms with Crippen LogP contribution in [0.2, 0.25) is 0 Å². The third kappa shape index (κ3) is 11.4. The maximum atomic E-state index is 14.1. The molecule has 0 bridgehead atoms. The average Bonchev–Trinajstić information content (AvgIpc) is 3.79. The van der Waals surface area contributed by atoms with Gasteiger partial charge in [-0.15, -0.1) is 0 Å². The van der Waals surface area contributed by atoms with Gasteiger partial charge in [-0.1, -0.05) is 62.4 Å². The fourth-order valence-electron chi connectivity index (χ4n) is 5.56. The zero-order valence-electron chi connectivity index (χ0n) is 29.2. The third-order valence-corrected chi connectivity index (χ3v) is 8.39. The van der Waals surface area contributed by atoms with Crippen LogP contribution in [0.3, 0.4) is 0 Å². The molecule has 16 nitrogen and oxygen atoms in total. The minimum absolute atomic E-state index is 0.0696. The van der Waals surface area contributed by atoms with E-state index in [2.05, 4.69) is 41.2 Å². The first-order valence-corrected chi connectivity index (χ1v) is 17.0. The minimum atomic E-state index is -1.17. The fraction of sp³-hybridized carbons (Fsp3) is 0.361. The molecular weight excluding hydrogens is 666 g/mol. The molecule has 0 aliphatic carbocycles. The van der Waals surface area contributed by atoms with E-state index in [9.17, 15) is 24.0 Å². The summed E-state index contributed by atoms with van der Waals surface area (Å²) >= 11 is 0. The molecule has 0 unspecified atom stereocenters. The predicted molar refractivity (Wildman–Crippen MR) is 196 cm³/mol. The molecule has 12 N–H and O–H groups in total. The molecule has 276 valence electrons. The van der Waals surface area contributed by atoms with Crippen molar-refractivity contribution in [2.24, 2.45) is 28.1 Å². The Morgan fingerprint density at radius 3 is 2.00 bits per heavy atom. The number of primary amides is 1. The third-order valence-electron chi connectivity index (χ3n) is 8.39. The number of carbonyl (C=O) groups excluding carboxylic acids is 5. The number of benzene rings is 2. The number of hydrogen-bond donors (Lipinski definition) is 9. The van der Waals surface area contributed by atoms with Crippen molar-refractivity contribution in [1.29, 1.82) is 0 Å². The van der Waals surface area contributed by atoms with Gasteiger partial charge >= 0.3 is 0 Å². The van der Waals surface area contributed by atoms with Crippen molar-refractivity contribution in [2.75, 3.05) is 6.54 Å². The summed E-state index contributed by atoms with van der Waals surface area (Å²) in [5.74, 6) is -3.57. The van der Waals surface area contributed by atoms with Gasteiger partial charge in [0.05, 0.1) is 6.33 Å². The summed E-state index contributed by atoms with van der Waals surface area (Å²) in [4.78, 5) is 81.0. The molecule has 0 saturated heterocycles. The Balaban J connectivity index is 1.57. The zero-order chi connectivity index (χ0) is 37.6. The summed E-state index contributed by atoms with van der Waals surface area (Å²) in [6, 6.07) is 12.1. The number of fused-ring (bicyclic) bond motifs is 1. The van der Waals surface area contributed by atoms with Crippen LogP contribution in [0.1, 0.15) is 43.5 Å². The Kier molecular flexibility index (Phi) is 13.9. The van der Waals surface area contributed by atoms with Gasteiger partial charge in [0.1, 0.15) is 24.2 Å². The molecule has 2 heterocycles. The lowest BCUT2D eigenvalue weighted by Crippen LogP contribution is -2.59. The van der Waals surface area contributed by atoms with E-state index in [4.69, 9.17) is 17.2 Å². The van der Waals surface area contributed by atoms with Gasteiger partial charge < -0.3 is 48.4 Å². The minimum Gasteiger partial charge on any atom is -0.370 e. The Hall–Kier alpha value is -6.19. The molecule has 2 aromatic carbocycles. The van der Waals surface area contributed by atoms with Crippen LogP contribution in [0.4, 0.5) is 0 Å². The van der Waals surface area contributed by atoms with E-state index in [1.807, 2.05) is 30.3 Å². The van der Waals surface area contributed by atoms with Crippen LogP contribution in [0.5, 0.6) is 0 Å². The highest BCUT2D eigenvalue weighted by Gasteiger charge is 2.32. The second kappa shape index (κ2) is 18.7. The smallest absolute Gasteiger partial charge is 0.243 e. The molecule has 4 rings (SSSR count). The largest absolute Gasteiger partial charge is 0.370 e. The summed E-state index contributed by atoms with van der Waals surface area (Å²) < 4.78 is 0. The number of nitrogens with zero attached hydrogens (tertiary/aromatic N) is 2. The molecule has 0 saturated carbocycles. The number of hydrogen-bond acceptors (Lipinski definition) is 7. The first-order valence-electron chi connectivity index (χ1n) is 17.0. The van der Waals surface area contributed by atoms with E-state index in [1.165, 1.54) is 6.33 Å². The summed E-state index contributed by atoms with van der Waals surface area (Å²) in [6.45, 7) is 3.58. The van der Waals surface area contributed by atoms with Crippen LogP contribution >= 0.6 is 0 Å². The van der Waals surface area contributed by atoms with Crippen LogP contribution < -0.4 is 38.5 Å². The number of amides is 5. The molecule has 0 aliphatic heterocycles. The summed E-state index contributed by atoms with van der Waals surface area (Å²) in [7, 11) is 0. The monoisotopic (exact) mass is 713 g/mol. The van der Waals surface area contributed by atoms with Crippen molar-refractivity contribution in [3.8, 4) is 0 Å². The van der Waals surface area contributed by atoms with Gasteiger partial charge in [0.25, 0.3) is 0 Å². The second-order valence-corrected chi connectivity index (χ2v) is 12.8. The lowest BCUT2D eigenvalue weighted by atomic mass is 10.0. The molecule has 0 aliphatic rings. The van der Waals surface area contributed by atoms with E-state index >= 15 is 0 Å². The maximum Gasteiger partial charge on any atom is 0.243 e. The lowest BCUT2D eigenvalue weighted by molar-refractivity contribution is -0.134. The highest BCUT2D eigenvalue weighted by Crippen LogP contribution is 2.19. The van der Waals surface area contributed by atoms with E-state index in [0.29, 0.717) is 12.1 Å². The van der Waals surface area contributed by atoms with Crippen molar-refractivity contribution >= 4 is 46.4 Å². The number of guanidine groups is 1. The van der Waals surface area contributed by atoms with E-state index in [-0.39, 0.29) is 44.1 Å². The van der Waals surface area contributed by atoms with Gasteiger partial charge in [-0.3, -0.25) is 29.0 Å². The fourth-order valence-corrected chi connectivity index (χ4v) is 5.56. The van der Waals surface area contributed by atoms with Gasteiger partial charge in [0.15, 0.2) is 5.96 Å². The Morgan fingerprint density at radius 2 is 1.35 bits per heavy atom. The summed E-state index contributed by atoms with van der Waals surface area (Å²) in [5.41, 5.74) is 19.7. The average molecular weight is 714 g/mol. The Morgan fingerprint density at radius 1 is 0.731 bits per heavy atom. The van der Waals surface area contributed by atoms with E-state index < -0.39 is 53.7 Å². The number of aromatic amines is 2. The number of imidazole rings is 1. The molecule has 16 heteroatoms. The molecular formula is C36H47N11O5. The molecule has 4 aromatic rings. The van der Waals surface area contributed by atoms with Gasteiger partial charge in [-0.2, -0.15) is 0 Å². The molecule has 0 spiro atoms. The predicted octanol–water partition coefficient (Wildman–Crippen LogP) is 0.0530. The van der Waals surface area contributed by atoms with Crippen molar-refractivity contribution in [3.63, 3.8) is 0 Å². The van der Waals surface area contributed by atoms with Crippen molar-refractivity contribution in [2.45, 2.75) is 70.1 Å². The van der Waals surface area contributed by atoms with Crippen LogP contribution in [-0.4, -0.2) is 81.2 Å². The normalized spacial score (nSPS) is 13.4. The van der Waals surface area contributed by atoms with Crippen LogP contribution in [0.25, 0.3) is 10.9 Å². The zero-order valence-corrected chi connectivity index (χ0v) is 29.2. The summed E-state index contributed by atoms with van der Waals surface area (Å²) in [6.07, 6.45) is 5.40. The molecule has 2 aromatic heterocycles. The number of para-hydroxylation sites is 1. The first kappa shape index (κ1) is 38.6. The highest BCUT2D eigenvalue weighted by molar-refractivity contribution is 5.96. The number of carbonyl (C=O) groups is 5. The Bertz CT molecular complexity index is 1840. The number of nitrogens with two attached hydrogens (primary N) is 3. The number of aromatic nitrogens is 3. The van der Waals surface area contributed by atoms with Crippen LogP contribution in [0.15, 0.2) is 78.3 Å². The molecule has 4 atom stereocenters. The van der Waals surface area contributed by atoms with E-state index in [0.717, 1.165) is 22.0 Å². The first-order chi connectivity index (χ1) is 24.9. The second-order valence-electron chi connectivity index (χ2n) is 12.8. The number of rotatable bonds is 19. The highest BCUT2D eigenvalue weighted by atomic mass is 16.2. The lowest BCUT2D eigenvalue weighted by Gasteiger charge is -2.26. The van der Waals surface area contributed by atoms with Crippen molar-refractivity contribution in [1.82, 2.24) is 36.2 Å². The number of nitrogens with one attached hydrogen (secondary N) is 6. The van der Waals surface area contributed by atoms with Crippen molar-refractivity contribution < 1.29 is 24.0 Å². The maximum absolute atomic E-state index is 14.1. The van der Waals surface area contributed by atoms with E-state index in [1.54, 1.807) is 50.5 Å².